The Bertz CT molecular complexity index is 988. The molecular formula is C21H20ClN3O3. The van der Waals surface area contributed by atoms with E-state index in [1.165, 1.54) is 0 Å². The van der Waals surface area contributed by atoms with Crippen molar-refractivity contribution in [2.75, 3.05) is 13.2 Å². The van der Waals surface area contributed by atoms with Crippen LogP contribution in [0.15, 0.2) is 53.1 Å². The molecule has 1 aliphatic rings. The predicted octanol–water partition coefficient (Wildman–Crippen LogP) is 4.30. The lowest BCUT2D eigenvalue weighted by atomic mass is 10.1. The van der Waals surface area contributed by atoms with Gasteiger partial charge < -0.3 is 14.2 Å². The van der Waals surface area contributed by atoms with Gasteiger partial charge in [0.1, 0.15) is 5.75 Å². The molecule has 6 nitrogen and oxygen atoms in total. The number of ether oxygens (including phenoxy) is 1. The molecule has 1 amide bonds. The van der Waals surface area contributed by atoms with Crippen molar-refractivity contribution in [1.29, 1.82) is 0 Å². The van der Waals surface area contributed by atoms with Gasteiger partial charge in [-0.05, 0) is 25.1 Å². The van der Waals surface area contributed by atoms with Gasteiger partial charge in [-0.3, -0.25) is 4.79 Å². The van der Waals surface area contributed by atoms with Crippen LogP contribution in [0.1, 0.15) is 30.7 Å². The maximum atomic E-state index is 12.5. The molecule has 1 unspecified atom stereocenters. The second-order valence-electron chi connectivity index (χ2n) is 6.65. The van der Waals surface area contributed by atoms with Crippen LogP contribution in [0.25, 0.3) is 11.4 Å². The number of halogens is 1. The van der Waals surface area contributed by atoms with E-state index in [9.17, 15) is 4.79 Å². The van der Waals surface area contributed by atoms with Crippen molar-refractivity contribution >= 4 is 17.5 Å². The average molecular weight is 398 g/mol. The standard InChI is InChI=1S/C21H20ClN3O3/c1-2-27-18-10-6-3-7-14(18)12-25-13-15(11-19(25)26)21-23-20(24-28-21)16-8-4-5-9-17(16)22/h3-10,15H,2,11-13H2,1H3. The minimum atomic E-state index is -0.129. The summed E-state index contributed by atoms with van der Waals surface area (Å²) in [4.78, 5) is 18.8. The topological polar surface area (TPSA) is 68.5 Å². The first-order chi connectivity index (χ1) is 13.7. The van der Waals surface area contributed by atoms with Gasteiger partial charge in [0, 0.05) is 30.6 Å². The fourth-order valence-electron chi connectivity index (χ4n) is 3.38. The molecule has 144 valence electrons. The van der Waals surface area contributed by atoms with Gasteiger partial charge in [-0.2, -0.15) is 4.98 Å². The summed E-state index contributed by atoms with van der Waals surface area (Å²) in [6.07, 6.45) is 0.348. The van der Waals surface area contributed by atoms with E-state index < -0.39 is 0 Å². The normalized spacial score (nSPS) is 16.6. The second kappa shape index (κ2) is 8.02. The molecule has 7 heteroatoms. The summed E-state index contributed by atoms with van der Waals surface area (Å²) in [7, 11) is 0. The van der Waals surface area contributed by atoms with Gasteiger partial charge >= 0.3 is 0 Å². The Morgan fingerprint density at radius 1 is 1.21 bits per heavy atom. The highest BCUT2D eigenvalue weighted by Crippen LogP contribution is 2.32. The molecule has 1 aliphatic heterocycles. The van der Waals surface area contributed by atoms with Gasteiger partial charge in [0.2, 0.25) is 17.6 Å². The number of aromatic nitrogens is 2. The molecule has 0 N–H and O–H groups in total. The summed E-state index contributed by atoms with van der Waals surface area (Å²) in [6, 6.07) is 15.1. The quantitative estimate of drug-likeness (QED) is 0.620. The molecule has 3 aromatic rings. The summed E-state index contributed by atoms with van der Waals surface area (Å²) in [5, 5.41) is 4.61. The van der Waals surface area contributed by atoms with E-state index in [1.807, 2.05) is 54.3 Å². The maximum absolute atomic E-state index is 12.5. The summed E-state index contributed by atoms with van der Waals surface area (Å²) in [5.41, 5.74) is 1.70. The summed E-state index contributed by atoms with van der Waals surface area (Å²) >= 11 is 6.21. The molecule has 0 radical (unpaired) electrons. The number of hydrogen-bond donors (Lipinski definition) is 0. The molecule has 2 aromatic carbocycles. The number of amides is 1. The van der Waals surface area contributed by atoms with Gasteiger partial charge in [-0.25, -0.2) is 0 Å². The Morgan fingerprint density at radius 3 is 2.82 bits per heavy atom. The van der Waals surface area contributed by atoms with Gasteiger partial charge in [0.25, 0.3) is 0 Å². The Balaban J connectivity index is 1.49. The van der Waals surface area contributed by atoms with Crippen LogP contribution < -0.4 is 4.74 Å². The van der Waals surface area contributed by atoms with Crippen molar-refractivity contribution in [3.63, 3.8) is 0 Å². The average Bonchev–Trinajstić information content (AvgIpc) is 3.31. The highest BCUT2D eigenvalue weighted by Gasteiger charge is 2.34. The Morgan fingerprint density at radius 2 is 2.00 bits per heavy atom. The maximum Gasteiger partial charge on any atom is 0.232 e. The molecule has 0 bridgehead atoms. The van der Waals surface area contributed by atoms with Crippen LogP contribution in [0.5, 0.6) is 5.75 Å². The first kappa shape index (κ1) is 18.5. The zero-order valence-electron chi connectivity index (χ0n) is 15.5. The molecule has 4 rings (SSSR count). The van der Waals surface area contributed by atoms with E-state index in [0.29, 0.717) is 48.4 Å². The Kier molecular flexibility index (Phi) is 5.30. The minimum absolute atomic E-state index is 0.0637. The van der Waals surface area contributed by atoms with Crippen molar-refractivity contribution in [3.05, 3.63) is 65.0 Å². The summed E-state index contributed by atoms with van der Waals surface area (Å²) in [5.74, 6) is 1.64. The van der Waals surface area contributed by atoms with Crippen LogP contribution in [-0.4, -0.2) is 34.1 Å². The van der Waals surface area contributed by atoms with Crippen molar-refractivity contribution < 1.29 is 14.1 Å². The number of para-hydroxylation sites is 1. The first-order valence-corrected chi connectivity index (χ1v) is 9.60. The minimum Gasteiger partial charge on any atom is -0.494 e. The highest BCUT2D eigenvalue weighted by molar-refractivity contribution is 6.33. The lowest BCUT2D eigenvalue weighted by Crippen LogP contribution is -2.24. The van der Waals surface area contributed by atoms with Crippen LogP contribution >= 0.6 is 11.6 Å². The first-order valence-electron chi connectivity index (χ1n) is 9.22. The number of nitrogens with zero attached hydrogens (tertiary/aromatic N) is 3. The zero-order valence-corrected chi connectivity index (χ0v) is 16.2. The zero-order chi connectivity index (χ0) is 19.5. The fourth-order valence-corrected chi connectivity index (χ4v) is 3.60. The second-order valence-corrected chi connectivity index (χ2v) is 7.06. The Hall–Kier alpha value is -2.86. The van der Waals surface area contributed by atoms with E-state index in [-0.39, 0.29) is 11.8 Å². The van der Waals surface area contributed by atoms with Crippen LogP contribution in [0, 0.1) is 0 Å². The molecular weight excluding hydrogens is 378 g/mol. The summed E-state index contributed by atoms with van der Waals surface area (Å²) < 4.78 is 11.1. The monoisotopic (exact) mass is 397 g/mol. The molecule has 2 heterocycles. The lowest BCUT2D eigenvalue weighted by Gasteiger charge is -2.18. The van der Waals surface area contributed by atoms with Gasteiger partial charge in [-0.15, -0.1) is 0 Å². The molecule has 0 saturated carbocycles. The van der Waals surface area contributed by atoms with Gasteiger partial charge in [0.15, 0.2) is 0 Å². The van der Waals surface area contributed by atoms with Crippen molar-refractivity contribution in [3.8, 4) is 17.1 Å². The predicted molar refractivity (Wildman–Crippen MR) is 105 cm³/mol. The molecule has 0 spiro atoms. The molecule has 0 aliphatic carbocycles. The van der Waals surface area contributed by atoms with Crippen LogP contribution in [0.3, 0.4) is 0 Å². The molecule has 1 fully saturated rings. The van der Waals surface area contributed by atoms with E-state index >= 15 is 0 Å². The molecule has 1 atom stereocenters. The Labute approximate surface area is 168 Å². The third-order valence-electron chi connectivity index (χ3n) is 4.75. The highest BCUT2D eigenvalue weighted by atomic mass is 35.5. The number of hydrogen-bond acceptors (Lipinski definition) is 5. The van der Waals surface area contributed by atoms with Crippen molar-refractivity contribution in [2.45, 2.75) is 25.8 Å². The van der Waals surface area contributed by atoms with Crippen LogP contribution in [0.4, 0.5) is 0 Å². The SMILES string of the molecule is CCOc1ccccc1CN1CC(c2nc(-c3ccccc3Cl)no2)CC1=O. The molecule has 1 saturated heterocycles. The molecule has 28 heavy (non-hydrogen) atoms. The van der Waals surface area contributed by atoms with Gasteiger partial charge in [-0.1, -0.05) is 47.1 Å². The van der Waals surface area contributed by atoms with Crippen LogP contribution in [0.2, 0.25) is 5.02 Å². The van der Waals surface area contributed by atoms with E-state index in [4.69, 9.17) is 20.9 Å². The van der Waals surface area contributed by atoms with Crippen molar-refractivity contribution in [1.82, 2.24) is 15.0 Å². The van der Waals surface area contributed by atoms with E-state index in [1.54, 1.807) is 6.07 Å². The number of rotatable bonds is 6. The number of carbonyl (C=O) groups excluding carboxylic acids is 1. The third-order valence-corrected chi connectivity index (χ3v) is 5.08. The smallest absolute Gasteiger partial charge is 0.232 e. The van der Waals surface area contributed by atoms with Crippen molar-refractivity contribution in [2.24, 2.45) is 0 Å². The number of benzene rings is 2. The largest absolute Gasteiger partial charge is 0.494 e. The fraction of sp³-hybridized carbons (Fsp3) is 0.286. The lowest BCUT2D eigenvalue weighted by molar-refractivity contribution is -0.128. The van der Waals surface area contributed by atoms with Crippen LogP contribution in [-0.2, 0) is 11.3 Å². The number of carbonyl (C=O) groups is 1. The number of likely N-dealkylation sites (tertiary alicyclic amines) is 1. The van der Waals surface area contributed by atoms with Gasteiger partial charge in [0.05, 0.1) is 17.5 Å². The molecule has 1 aromatic heterocycles. The van der Waals surface area contributed by atoms with E-state index in [0.717, 1.165) is 11.3 Å². The van der Waals surface area contributed by atoms with E-state index in [2.05, 4.69) is 10.1 Å². The summed E-state index contributed by atoms with van der Waals surface area (Å²) in [6.45, 7) is 3.56. The third kappa shape index (κ3) is 3.73.